The van der Waals surface area contributed by atoms with Crippen molar-refractivity contribution in [2.45, 2.75) is 13.2 Å². The van der Waals surface area contributed by atoms with Crippen LogP contribution in [0.3, 0.4) is 0 Å². The summed E-state index contributed by atoms with van der Waals surface area (Å²) in [6.07, 6.45) is -1.63. The van der Waals surface area contributed by atoms with Gasteiger partial charge in [0, 0.05) is 5.56 Å². The van der Waals surface area contributed by atoms with Crippen molar-refractivity contribution in [1.29, 1.82) is 0 Å². The Morgan fingerprint density at radius 2 is 1.63 bits per heavy atom. The van der Waals surface area contributed by atoms with E-state index < -0.39 is 29.6 Å². The van der Waals surface area contributed by atoms with Crippen molar-refractivity contribution in [3.8, 4) is 11.5 Å². The van der Waals surface area contributed by atoms with Crippen LogP contribution in [0.4, 0.5) is 0 Å². The zero-order chi connectivity index (χ0) is 20.1. The first-order chi connectivity index (χ1) is 12.8. The van der Waals surface area contributed by atoms with Gasteiger partial charge in [-0.2, -0.15) is 0 Å². The van der Waals surface area contributed by atoms with Gasteiger partial charge >= 0.3 is 5.97 Å². The lowest BCUT2D eigenvalue weighted by Crippen LogP contribution is -2.46. The number of carbonyl (C=O) groups is 2. The number of hydrogen-bond acceptors (Lipinski definition) is 5. The maximum Gasteiger partial charge on any atom is 0.369 e. The number of carbonyl (C=O) groups excluding carboxylic acids is 2. The number of rotatable bonds is 6. The number of halogens is 4. The van der Waals surface area contributed by atoms with E-state index in [-0.39, 0.29) is 32.3 Å². The highest BCUT2D eigenvalue weighted by Gasteiger charge is 2.29. The standard InChI is InChI=1S/C17H13Cl4NO5/c1-2-26-17(25)16(22-15(24)8-6-4-3-5-7-8)27-14-12(21)10(19)9(18)11(20)13(14)23/h3-7,16,23H,2H2,1H3,(H,22,24). The molecule has 6 nitrogen and oxygen atoms in total. The predicted molar refractivity (Wildman–Crippen MR) is 103 cm³/mol. The molecule has 0 saturated carbocycles. The van der Waals surface area contributed by atoms with Crippen LogP contribution >= 0.6 is 46.4 Å². The van der Waals surface area contributed by atoms with Crippen molar-refractivity contribution in [2.75, 3.05) is 6.61 Å². The number of esters is 1. The van der Waals surface area contributed by atoms with Crippen LogP contribution in [-0.4, -0.2) is 29.8 Å². The minimum Gasteiger partial charge on any atom is -0.503 e. The Labute approximate surface area is 174 Å². The van der Waals surface area contributed by atoms with Gasteiger partial charge in [-0.05, 0) is 19.1 Å². The maximum atomic E-state index is 12.3. The zero-order valence-electron chi connectivity index (χ0n) is 13.8. The maximum absolute atomic E-state index is 12.3. The molecule has 1 unspecified atom stereocenters. The summed E-state index contributed by atoms with van der Waals surface area (Å²) in [5.74, 6) is -2.60. The van der Waals surface area contributed by atoms with Gasteiger partial charge < -0.3 is 19.9 Å². The van der Waals surface area contributed by atoms with E-state index in [0.29, 0.717) is 0 Å². The molecule has 0 spiro atoms. The van der Waals surface area contributed by atoms with Crippen LogP contribution in [0.15, 0.2) is 30.3 Å². The zero-order valence-corrected chi connectivity index (χ0v) is 16.8. The molecule has 0 saturated heterocycles. The molecule has 10 heteroatoms. The van der Waals surface area contributed by atoms with E-state index >= 15 is 0 Å². The molecule has 1 atom stereocenters. The van der Waals surface area contributed by atoms with Crippen LogP contribution in [0.5, 0.6) is 11.5 Å². The van der Waals surface area contributed by atoms with Gasteiger partial charge in [-0.1, -0.05) is 64.6 Å². The lowest BCUT2D eigenvalue weighted by molar-refractivity contribution is -0.152. The Balaban J connectivity index is 2.36. The minimum absolute atomic E-state index is 0.0295. The SMILES string of the molecule is CCOC(=O)C(NC(=O)c1ccccc1)Oc1c(O)c(Cl)c(Cl)c(Cl)c1Cl. The summed E-state index contributed by atoms with van der Waals surface area (Å²) in [7, 11) is 0. The molecule has 0 bridgehead atoms. The Bertz CT molecular complexity index is 831. The monoisotopic (exact) mass is 451 g/mol. The molecule has 0 aliphatic carbocycles. The number of nitrogens with one attached hydrogen (secondary N) is 1. The summed E-state index contributed by atoms with van der Waals surface area (Å²) in [5.41, 5.74) is 0.276. The normalized spacial score (nSPS) is 11.6. The fraction of sp³-hybridized carbons (Fsp3) is 0.176. The molecule has 0 aromatic heterocycles. The molecule has 0 heterocycles. The van der Waals surface area contributed by atoms with E-state index in [1.54, 1.807) is 25.1 Å². The molecule has 0 radical (unpaired) electrons. The second kappa shape index (κ2) is 9.37. The van der Waals surface area contributed by atoms with E-state index in [9.17, 15) is 14.7 Å². The Hall–Kier alpha value is -1.86. The van der Waals surface area contributed by atoms with Crippen molar-refractivity contribution in [2.24, 2.45) is 0 Å². The molecule has 2 N–H and O–H groups in total. The van der Waals surface area contributed by atoms with Crippen LogP contribution in [0, 0.1) is 0 Å². The summed E-state index contributed by atoms with van der Waals surface area (Å²) >= 11 is 23.7. The number of hydrogen-bond donors (Lipinski definition) is 2. The van der Waals surface area contributed by atoms with Crippen molar-refractivity contribution in [3.05, 3.63) is 56.0 Å². The summed E-state index contributed by atoms with van der Waals surface area (Å²) in [6.45, 7) is 1.61. The van der Waals surface area contributed by atoms with E-state index in [1.165, 1.54) is 12.1 Å². The number of ether oxygens (including phenoxy) is 2. The van der Waals surface area contributed by atoms with Gasteiger partial charge in [0.25, 0.3) is 12.1 Å². The van der Waals surface area contributed by atoms with Crippen molar-refractivity contribution < 1.29 is 24.2 Å². The molecule has 144 valence electrons. The smallest absolute Gasteiger partial charge is 0.369 e. The largest absolute Gasteiger partial charge is 0.503 e. The van der Waals surface area contributed by atoms with Gasteiger partial charge in [0.05, 0.1) is 16.7 Å². The lowest BCUT2D eigenvalue weighted by Gasteiger charge is -2.21. The number of phenolic OH excluding ortho intramolecular Hbond substituents is 1. The predicted octanol–water partition coefficient (Wildman–Crippen LogP) is 4.70. The molecule has 27 heavy (non-hydrogen) atoms. The summed E-state index contributed by atoms with van der Waals surface area (Å²) in [6, 6.07) is 8.11. The molecule has 2 aromatic rings. The van der Waals surface area contributed by atoms with Gasteiger partial charge in [0.15, 0.2) is 11.5 Å². The quantitative estimate of drug-likeness (QED) is 0.287. The fourth-order valence-corrected chi connectivity index (χ4v) is 2.84. The average molecular weight is 453 g/mol. The van der Waals surface area contributed by atoms with Crippen molar-refractivity contribution in [3.63, 3.8) is 0 Å². The van der Waals surface area contributed by atoms with Crippen molar-refractivity contribution in [1.82, 2.24) is 5.32 Å². The van der Waals surface area contributed by atoms with Gasteiger partial charge in [0.2, 0.25) is 0 Å². The highest BCUT2D eigenvalue weighted by Crippen LogP contribution is 2.49. The first kappa shape index (κ1) is 21.4. The van der Waals surface area contributed by atoms with Crippen LogP contribution in [0.1, 0.15) is 17.3 Å². The second-order valence-corrected chi connectivity index (χ2v) is 6.53. The molecule has 1 amide bonds. The van der Waals surface area contributed by atoms with Gasteiger partial charge in [-0.3, -0.25) is 4.79 Å². The van der Waals surface area contributed by atoms with Crippen LogP contribution in [0.25, 0.3) is 0 Å². The first-order valence-corrected chi connectivity index (χ1v) is 9.03. The van der Waals surface area contributed by atoms with E-state index in [1.807, 2.05) is 0 Å². The number of benzene rings is 2. The number of aromatic hydroxyl groups is 1. The van der Waals surface area contributed by atoms with Gasteiger partial charge in [-0.25, -0.2) is 4.79 Å². The van der Waals surface area contributed by atoms with Crippen molar-refractivity contribution >= 4 is 58.3 Å². The Kier molecular flexibility index (Phi) is 7.44. The minimum atomic E-state index is -1.63. The molecular formula is C17H13Cl4NO5. The van der Waals surface area contributed by atoms with Crippen LogP contribution in [-0.2, 0) is 9.53 Å². The summed E-state index contributed by atoms with van der Waals surface area (Å²) in [5, 5.41) is 11.5. The molecular weight excluding hydrogens is 440 g/mol. The molecule has 2 rings (SSSR count). The third-order valence-electron chi connectivity index (χ3n) is 3.23. The second-order valence-electron chi connectivity index (χ2n) is 5.02. The van der Waals surface area contributed by atoms with Crippen LogP contribution in [0.2, 0.25) is 20.1 Å². The third-order valence-corrected chi connectivity index (χ3v) is 5.01. The van der Waals surface area contributed by atoms with E-state index in [4.69, 9.17) is 55.9 Å². The fourth-order valence-electron chi connectivity index (χ4n) is 1.97. The van der Waals surface area contributed by atoms with Crippen LogP contribution < -0.4 is 10.1 Å². The number of amides is 1. The third kappa shape index (κ3) is 4.90. The molecule has 0 aliphatic heterocycles. The van der Waals surface area contributed by atoms with E-state index in [2.05, 4.69) is 5.32 Å². The highest BCUT2D eigenvalue weighted by molar-refractivity contribution is 6.53. The summed E-state index contributed by atoms with van der Waals surface area (Å²) in [4.78, 5) is 24.5. The topological polar surface area (TPSA) is 84.9 Å². The first-order valence-electron chi connectivity index (χ1n) is 7.52. The average Bonchev–Trinajstić information content (AvgIpc) is 2.68. The van der Waals surface area contributed by atoms with Gasteiger partial charge in [0.1, 0.15) is 10.0 Å². The summed E-state index contributed by atoms with van der Waals surface area (Å²) < 4.78 is 10.3. The lowest BCUT2D eigenvalue weighted by atomic mass is 10.2. The molecule has 0 aliphatic rings. The van der Waals surface area contributed by atoms with Gasteiger partial charge in [-0.15, -0.1) is 0 Å². The number of phenols is 1. The van der Waals surface area contributed by atoms with E-state index in [0.717, 1.165) is 0 Å². The molecule has 2 aromatic carbocycles. The Morgan fingerprint density at radius 1 is 1.04 bits per heavy atom. The molecule has 0 fully saturated rings. The highest BCUT2D eigenvalue weighted by atomic mass is 35.5. The Morgan fingerprint density at radius 3 is 2.22 bits per heavy atom.